The zero-order valence-corrected chi connectivity index (χ0v) is 13.7. The van der Waals surface area contributed by atoms with E-state index in [2.05, 4.69) is 54.0 Å². The van der Waals surface area contributed by atoms with E-state index in [1.165, 1.54) is 4.90 Å². The van der Waals surface area contributed by atoms with E-state index in [0.717, 1.165) is 23.1 Å². The van der Waals surface area contributed by atoms with E-state index in [-0.39, 0.29) is 11.6 Å². The standard InChI is InChI=1S/C14H22BrNOS/c1-14(2,17-3)9-8-12(16)10-18-13-6-4-11(15)5-7-13/h4-7,12H,8-10,16H2,1-3H3. The van der Waals surface area contributed by atoms with Gasteiger partial charge in [-0.3, -0.25) is 0 Å². The fraction of sp³-hybridized carbons (Fsp3) is 0.571. The van der Waals surface area contributed by atoms with Crippen LogP contribution in [0.25, 0.3) is 0 Å². The van der Waals surface area contributed by atoms with Gasteiger partial charge in [-0.05, 0) is 51.0 Å². The molecule has 18 heavy (non-hydrogen) atoms. The molecule has 102 valence electrons. The lowest BCUT2D eigenvalue weighted by atomic mass is 10.00. The van der Waals surface area contributed by atoms with E-state index >= 15 is 0 Å². The van der Waals surface area contributed by atoms with Crippen molar-refractivity contribution in [3.8, 4) is 0 Å². The molecule has 0 aliphatic rings. The maximum atomic E-state index is 6.13. The van der Waals surface area contributed by atoms with Gasteiger partial charge in [0.15, 0.2) is 0 Å². The number of hydrogen-bond donors (Lipinski definition) is 1. The summed E-state index contributed by atoms with van der Waals surface area (Å²) in [4.78, 5) is 1.26. The van der Waals surface area contributed by atoms with Gasteiger partial charge in [0, 0.05) is 28.3 Å². The first-order valence-electron chi connectivity index (χ1n) is 6.12. The summed E-state index contributed by atoms with van der Waals surface area (Å²) in [5.74, 6) is 0.946. The molecule has 0 amide bonds. The Morgan fingerprint density at radius 3 is 2.50 bits per heavy atom. The third-order valence-corrected chi connectivity index (χ3v) is 4.68. The van der Waals surface area contributed by atoms with Crippen molar-refractivity contribution in [3.63, 3.8) is 0 Å². The molecule has 1 aromatic carbocycles. The SMILES string of the molecule is COC(C)(C)CCC(N)CSc1ccc(Br)cc1. The molecular formula is C14H22BrNOS. The number of rotatable bonds is 7. The normalized spacial score (nSPS) is 13.6. The summed E-state index contributed by atoms with van der Waals surface area (Å²) >= 11 is 5.24. The third kappa shape index (κ3) is 6.23. The van der Waals surface area contributed by atoms with E-state index in [9.17, 15) is 0 Å². The lowest BCUT2D eigenvalue weighted by Crippen LogP contribution is -2.29. The van der Waals surface area contributed by atoms with Crippen molar-refractivity contribution in [2.75, 3.05) is 12.9 Å². The molecule has 1 aromatic rings. The highest BCUT2D eigenvalue weighted by Crippen LogP contribution is 2.23. The van der Waals surface area contributed by atoms with Crippen molar-refractivity contribution < 1.29 is 4.74 Å². The Morgan fingerprint density at radius 2 is 1.94 bits per heavy atom. The monoisotopic (exact) mass is 331 g/mol. The number of thioether (sulfide) groups is 1. The van der Waals surface area contributed by atoms with E-state index < -0.39 is 0 Å². The molecule has 0 aliphatic carbocycles. The van der Waals surface area contributed by atoms with Gasteiger partial charge in [0.2, 0.25) is 0 Å². The van der Waals surface area contributed by atoms with Crippen molar-refractivity contribution >= 4 is 27.7 Å². The second-order valence-corrected chi connectivity index (χ2v) is 7.04. The topological polar surface area (TPSA) is 35.2 Å². The molecule has 0 radical (unpaired) electrons. The number of benzene rings is 1. The zero-order valence-electron chi connectivity index (χ0n) is 11.3. The minimum atomic E-state index is -0.0695. The summed E-state index contributed by atoms with van der Waals surface area (Å²) in [6.07, 6.45) is 1.98. The van der Waals surface area contributed by atoms with Gasteiger partial charge in [-0.1, -0.05) is 15.9 Å². The molecule has 0 saturated carbocycles. The highest BCUT2D eigenvalue weighted by atomic mass is 79.9. The summed E-state index contributed by atoms with van der Waals surface area (Å²) in [6.45, 7) is 4.20. The average Bonchev–Trinajstić information content (AvgIpc) is 2.36. The van der Waals surface area contributed by atoms with Crippen LogP contribution in [-0.4, -0.2) is 24.5 Å². The van der Waals surface area contributed by atoms with E-state index in [1.807, 2.05) is 11.8 Å². The Morgan fingerprint density at radius 1 is 1.33 bits per heavy atom. The quantitative estimate of drug-likeness (QED) is 0.765. The van der Waals surface area contributed by atoms with Crippen molar-refractivity contribution in [2.45, 2.75) is 43.2 Å². The second-order valence-electron chi connectivity index (χ2n) is 5.03. The second kappa shape index (κ2) is 7.53. The summed E-state index contributed by atoms with van der Waals surface area (Å²) in [5, 5.41) is 0. The Balaban J connectivity index is 2.29. The maximum absolute atomic E-state index is 6.13. The van der Waals surface area contributed by atoms with Crippen LogP contribution in [0.1, 0.15) is 26.7 Å². The van der Waals surface area contributed by atoms with Crippen LogP contribution in [0.4, 0.5) is 0 Å². The molecule has 0 aliphatic heterocycles. The van der Waals surface area contributed by atoms with Gasteiger partial charge in [-0.25, -0.2) is 0 Å². The summed E-state index contributed by atoms with van der Waals surface area (Å²) in [5.41, 5.74) is 6.06. The number of hydrogen-bond acceptors (Lipinski definition) is 3. The molecule has 0 saturated heterocycles. The predicted molar refractivity (Wildman–Crippen MR) is 83.2 cm³/mol. The van der Waals surface area contributed by atoms with Gasteiger partial charge in [-0.2, -0.15) is 0 Å². The van der Waals surface area contributed by atoms with Gasteiger partial charge in [0.05, 0.1) is 5.60 Å². The first kappa shape index (κ1) is 16.0. The number of methoxy groups -OCH3 is 1. The van der Waals surface area contributed by atoms with Crippen LogP contribution in [0.2, 0.25) is 0 Å². The van der Waals surface area contributed by atoms with Gasteiger partial charge in [0.1, 0.15) is 0 Å². The van der Waals surface area contributed by atoms with E-state index in [4.69, 9.17) is 10.5 Å². The molecule has 1 rings (SSSR count). The minimum absolute atomic E-state index is 0.0695. The van der Waals surface area contributed by atoms with E-state index in [1.54, 1.807) is 7.11 Å². The Bertz CT molecular complexity index is 353. The largest absolute Gasteiger partial charge is 0.379 e. The average molecular weight is 332 g/mol. The predicted octanol–water partition coefficient (Wildman–Crippen LogP) is 4.07. The van der Waals surface area contributed by atoms with Crippen LogP contribution in [0.5, 0.6) is 0 Å². The number of halogens is 1. The fourth-order valence-corrected chi connectivity index (χ4v) is 2.62. The van der Waals surface area contributed by atoms with Crippen LogP contribution >= 0.6 is 27.7 Å². The molecule has 0 aromatic heterocycles. The molecule has 0 spiro atoms. The molecular weight excluding hydrogens is 310 g/mol. The Labute approximate surface area is 123 Å². The van der Waals surface area contributed by atoms with Gasteiger partial charge < -0.3 is 10.5 Å². The molecule has 0 bridgehead atoms. The molecule has 4 heteroatoms. The number of ether oxygens (including phenoxy) is 1. The third-order valence-electron chi connectivity index (χ3n) is 2.95. The summed E-state index contributed by atoms with van der Waals surface area (Å²) < 4.78 is 6.51. The highest BCUT2D eigenvalue weighted by Gasteiger charge is 2.17. The Kier molecular flexibility index (Phi) is 6.71. The van der Waals surface area contributed by atoms with Crippen LogP contribution in [-0.2, 0) is 4.74 Å². The highest BCUT2D eigenvalue weighted by molar-refractivity contribution is 9.10. The molecule has 0 heterocycles. The van der Waals surface area contributed by atoms with Crippen molar-refractivity contribution in [1.82, 2.24) is 0 Å². The van der Waals surface area contributed by atoms with Crippen LogP contribution in [0.3, 0.4) is 0 Å². The molecule has 1 unspecified atom stereocenters. The molecule has 1 atom stereocenters. The zero-order chi connectivity index (χ0) is 13.6. The van der Waals surface area contributed by atoms with Crippen LogP contribution in [0, 0.1) is 0 Å². The molecule has 2 N–H and O–H groups in total. The van der Waals surface area contributed by atoms with Crippen molar-refractivity contribution in [1.29, 1.82) is 0 Å². The summed E-state index contributed by atoms with van der Waals surface area (Å²) in [7, 11) is 1.75. The van der Waals surface area contributed by atoms with Crippen LogP contribution in [0.15, 0.2) is 33.6 Å². The lowest BCUT2D eigenvalue weighted by molar-refractivity contribution is 0.0129. The molecule has 2 nitrogen and oxygen atoms in total. The maximum Gasteiger partial charge on any atom is 0.0623 e. The van der Waals surface area contributed by atoms with Crippen molar-refractivity contribution in [3.05, 3.63) is 28.7 Å². The summed E-state index contributed by atoms with van der Waals surface area (Å²) in [6, 6.07) is 8.55. The first-order valence-corrected chi connectivity index (χ1v) is 7.90. The first-order chi connectivity index (χ1) is 8.43. The smallest absolute Gasteiger partial charge is 0.0623 e. The van der Waals surface area contributed by atoms with Gasteiger partial charge >= 0.3 is 0 Å². The van der Waals surface area contributed by atoms with Crippen molar-refractivity contribution in [2.24, 2.45) is 5.73 Å². The Hall–Kier alpha value is -0.0300. The van der Waals surface area contributed by atoms with E-state index in [0.29, 0.717) is 0 Å². The fourth-order valence-electron chi connectivity index (χ4n) is 1.45. The van der Waals surface area contributed by atoms with Gasteiger partial charge in [0.25, 0.3) is 0 Å². The van der Waals surface area contributed by atoms with Gasteiger partial charge in [-0.15, -0.1) is 11.8 Å². The number of nitrogens with two attached hydrogens (primary N) is 1. The lowest BCUT2D eigenvalue weighted by Gasteiger charge is -2.24. The minimum Gasteiger partial charge on any atom is -0.379 e. The van der Waals surface area contributed by atoms with Crippen LogP contribution < -0.4 is 5.73 Å². The molecule has 0 fully saturated rings.